The first-order valence-electron chi connectivity index (χ1n) is 9.35. The molecule has 25 heavy (non-hydrogen) atoms. The summed E-state index contributed by atoms with van der Waals surface area (Å²) in [5.74, 6) is 1.52. The lowest BCUT2D eigenvalue weighted by atomic mass is 10.0. The van der Waals surface area contributed by atoms with E-state index in [9.17, 15) is 4.79 Å². The number of aromatic nitrogens is 1. The summed E-state index contributed by atoms with van der Waals surface area (Å²) in [7, 11) is 0. The largest absolute Gasteiger partial charge is 0.378 e. The molecule has 3 heterocycles. The number of hydrogen-bond acceptors (Lipinski definition) is 4. The number of carbonyl (C=O) groups is 1. The number of amides is 1. The van der Waals surface area contributed by atoms with E-state index in [0.717, 1.165) is 12.4 Å². The molecule has 2 aliphatic rings. The summed E-state index contributed by atoms with van der Waals surface area (Å²) in [6, 6.07) is 2.28. The van der Waals surface area contributed by atoms with Gasteiger partial charge in [0.05, 0.1) is 23.8 Å². The Labute approximate surface area is 155 Å². The van der Waals surface area contributed by atoms with Crippen molar-refractivity contribution in [3.8, 4) is 0 Å². The zero-order valence-corrected chi connectivity index (χ0v) is 16.0. The van der Waals surface area contributed by atoms with Gasteiger partial charge in [-0.3, -0.25) is 4.79 Å². The van der Waals surface area contributed by atoms with Gasteiger partial charge in [0.2, 0.25) is 0 Å². The first-order chi connectivity index (χ1) is 12.1. The van der Waals surface area contributed by atoms with Crippen LogP contribution in [0.15, 0.2) is 12.3 Å². The number of nitrogens with zero attached hydrogens (tertiary/aromatic N) is 3. The van der Waals surface area contributed by atoms with Crippen molar-refractivity contribution in [1.29, 1.82) is 0 Å². The molecule has 0 saturated carbocycles. The third kappa shape index (κ3) is 4.45. The van der Waals surface area contributed by atoms with Gasteiger partial charge in [-0.1, -0.05) is 25.4 Å². The van der Waals surface area contributed by atoms with Crippen LogP contribution in [0.5, 0.6) is 0 Å². The second-order valence-electron chi connectivity index (χ2n) is 7.39. The number of anilines is 1. The zero-order chi connectivity index (χ0) is 17.8. The molecule has 0 spiro atoms. The average Bonchev–Trinajstić information content (AvgIpc) is 3.08. The predicted octanol–water partition coefficient (Wildman–Crippen LogP) is 3.61. The third-order valence-corrected chi connectivity index (χ3v) is 5.37. The van der Waals surface area contributed by atoms with Crippen LogP contribution in [0.2, 0.25) is 5.02 Å². The topological polar surface area (TPSA) is 45.7 Å². The highest BCUT2D eigenvalue weighted by Crippen LogP contribution is 2.33. The van der Waals surface area contributed by atoms with Crippen molar-refractivity contribution in [2.24, 2.45) is 5.92 Å². The van der Waals surface area contributed by atoms with Crippen LogP contribution in [0.1, 0.15) is 49.9 Å². The maximum Gasteiger partial charge on any atom is 0.255 e. The van der Waals surface area contributed by atoms with Gasteiger partial charge in [-0.2, -0.15) is 0 Å². The molecule has 1 aromatic rings. The standard InChI is InChI=1S/C19H28ClN3O2/c1-14(2)5-6-16-4-3-7-23(16)18-17(20)12-15(13-21-18)19(24)22-8-10-25-11-9-22/h12-14,16H,3-11H2,1-2H3. The minimum Gasteiger partial charge on any atom is -0.378 e. The monoisotopic (exact) mass is 365 g/mol. The van der Waals surface area contributed by atoms with Crippen molar-refractivity contribution in [3.05, 3.63) is 22.8 Å². The van der Waals surface area contributed by atoms with Crippen LogP contribution in [0, 0.1) is 5.92 Å². The van der Waals surface area contributed by atoms with E-state index in [1.807, 2.05) is 0 Å². The lowest BCUT2D eigenvalue weighted by molar-refractivity contribution is 0.0302. The number of carbonyl (C=O) groups excluding carboxylic acids is 1. The van der Waals surface area contributed by atoms with E-state index in [1.165, 1.54) is 25.7 Å². The predicted molar refractivity (Wildman–Crippen MR) is 100 cm³/mol. The van der Waals surface area contributed by atoms with Crippen molar-refractivity contribution >= 4 is 23.3 Å². The van der Waals surface area contributed by atoms with Crippen LogP contribution in [-0.4, -0.2) is 54.7 Å². The SMILES string of the molecule is CC(C)CCC1CCCN1c1ncc(C(=O)N2CCOCC2)cc1Cl. The van der Waals surface area contributed by atoms with Crippen LogP contribution in [0.3, 0.4) is 0 Å². The molecule has 3 rings (SSSR count). The maximum atomic E-state index is 12.6. The molecule has 138 valence electrons. The molecule has 6 heteroatoms. The zero-order valence-electron chi connectivity index (χ0n) is 15.2. The highest BCUT2D eigenvalue weighted by atomic mass is 35.5. The fourth-order valence-corrected chi connectivity index (χ4v) is 3.92. The quantitative estimate of drug-likeness (QED) is 0.799. The molecule has 0 bridgehead atoms. The minimum atomic E-state index is -0.0120. The molecule has 1 amide bonds. The molecule has 2 aliphatic heterocycles. The normalized spacial score (nSPS) is 21.2. The van der Waals surface area contributed by atoms with Gasteiger partial charge in [-0.25, -0.2) is 4.98 Å². The number of hydrogen-bond donors (Lipinski definition) is 0. The Bertz CT molecular complexity index is 602. The van der Waals surface area contributed by atoms with E-state index < -0.39 is 0 Å². The molecular formula is C19H28ClN3O2. The number of halogens is 1. The Morgan fingerprint density at radius 3 is 2.80 bits per heavy atom. The number of pyridine rings is 1. The van der Waals surface area contributed by atoms with Crippen LogP contribution in [-0.2, 0) is 4.74 Å². The van der Waals surface area contributed by atoms with E-state index in [-0.39, 0.29) is 5.91 Å². The lowest BCUT2D eigenvalue weighted by Gasteiger charge is -2.28. The van der Waals surface area contributed by atoms with Gasteiger partial charge in [-0.05, 0) is 37.7 Å². The Hall–Kier alpha value is -1.33. The first-order valence-corrected chi connectivity index (χ1v) is 9.73. The molecule has 0 N–H and O–H groups in total. The van der Waals surface area contributed by atoms with Crippen LogP contribution >= 0.6 is 11.6 Å². The Morgan fingerprint density at radius 1 is 1.36 bits per heavy atom. The van der Waals surface area contributed by atoms with E-state index in [4.69, 9.17) is 16.3 Å². The second-order valence-corrected chi connectivity index (χ2v) is 7.80. The third-order valence-electron chi connectivity index (χ3n) is 5.09. The smallest absolute Gasteiger partial charge is 0.255 e. The molecular weight excluding hydrogens is 338 g/mol. The number of morpholine rings is 1. The molecule has 1 aromatic heterocycles. The molecule has 1 atom stereocenters. The summed E-state index contributed by atoms with van der Waals surface area (Å²) >= 11 is 6.52. The van der Waals surface area contributed by atoms with E-state index in [2.05, 4.69) is 23.7 Å². The molecule has 2 fully saturated rings. The fraction of sp³-hybridized carbons (Fsp3) is 0.684. The number of rotatable bonds is 5. The Balaban J connectivity index is 1.71. The van der Waals surface area contributed by atoms with Gasteiger partial charge in [0.1, 0.15) is 5.82 Å². The summed E-state index contributed by atoms with van der Waals surface area (Å²) in [5, 5.41) is 0.579. The highest BCUT2D eigenvalue weighted by molar-refractivity contribution is 6.33. The van der Waals surface area contributed by atoms with Crippen molar-refractivity contribution in [2.75, 3.05) is 37.7 Å². The molecule has 0 aliphatic carbocycles. The average molecular weight is 366 g/mol. The maximum absolute atomic E-state index is 12.6. The summed E-state index contributed by atoms with van der Waals surface area (Å²) in [5.41, 5.74) is 0.563. The Kier molecular flexibility index (Phi) is 6.18. The van der Waals surface area contributed by atoms with Gasteiger partial charge in [0.25, 0.3) is 5.91 Å². The molecule has 0 radical (unpaired) electrons. The van der Waals surface area contributed by atoms with E-state index >= 15 is 0 Å². The van der Waals surface area contributed by atoms with E-state index in [1.54, 1.807) is 17.2 Å². The van der Waals surface area contributed by atoms with Crippen molar-refractivity contribution in [3.63, 3.8) is 0 Å². The molecule has 1 unspecified atom stereocenters. The molecule has 0 aromatic carbocycles. The minimum absolute atomic E-state index is 0.0120. The van der Waals surface area contributed by atoms with Crippen LogP contribution in [0.4, 0.5) is 5.82 Å². The first kappa shape index (κ1) is 18.5. The van der Waals surface area contributed by atoms with Crippen molar-refractivity contribution in [1.82, 2.24) is 9.88 Å². The van der Waals surface area contributed by atoms with Gasteiger partial charge >= 0.3 is 0 Å². The summed E-state index contributed by atoms with van der Waals surface area (Å²) < 4.78 is 5.31. The van der Waals surface area contributed by atoms with Gasteiger partial charge < -0.3 is 14.5 Å². The van der Waals surface area contributed by atoms with Crippen molar-refractivity contribution < 1.29 is 9.53 Å². The molecule has 5 nitrogen and oxygen atoms in total. The van der Waals surface area contributed by atoms with Gasteiger partial charge in [0, 0.05) is 31.9 Å². The molecule has 2 saturated heterocycles. The van der Waals surface area contributed by atoms with Crippen molar-refractivity contribution in [2.45, 2.75) is 45.6 Å². The van der Waals surface area contributed by atoms with Gasteiger partial charge in [0.15, 0.2) is 0 Å². The van der Waals surface area contributed by atoms with E-state index in [0.29, 0.717) is 48.8 Å². The summed E-state index contributed by atoms with van der Waals surface area (Å²) in [6.45, 7) is 7.95. The number of ether oxygens (including phenoxy) is 1. The van der Waals surface area contributed by atoms with Crippen LogP contribution < -0.4 is 4.90 Å². The van der Waals surface area contributed by atoms with Crippen LogP contribution in [0.25, 0.3) is 0 Å². The second kappa shape index (κ2) is 8.37. The Morgan fingerprint density at radius 2 is 2.12 bits per heavy atom. The van der Waals surface area contributed by atoms with Gasteiger partial charge in [-0.15, -0.1) is 0 Å². The summed E-state index contributed by atoms with van der Waals surface area (Å²) in [4.78, 5) is 21.3. The lowest BCUT2D eigenvalue weighted by Crippen LogP contribution is -2.40. The summed E-state index contributed by atoms with van der Waals surface area (Å²) in [6.07, 6.45) is 6.43. The fourth-order valence-electron chi connectivity index (χ4n) is 3.65. The highest BCUT2D eigenvalue weighted by Gasteiger charge is 2.28.